The standard InChI is InChI=1S/C29H32N2O3/c1-20-18-26(31(28(33)29(2,3)4)22-13-7-6-8-14-22)24-16-9-10-17-25(24)30(20)27(32)21-12-11-15-23(19-21)34-5/h6-17,19-20,26H,18H2,1-5H3. The van der Waals surface area contributed by atoms with Gasteiger partial charge in [-0.1, -0.05) is 63.2 Å². The Bertz CT molecular complexity index is 1180. The average molecular weight is 457 g/mol. The van der Waals surface area contributed by atoms with Gasteiger partial charge in [0.15, 0.2) is 0 Å². The monoisotopic (exact) mass is 456 g/mol. The molecule has 176 valence electrons. The Kier molecular flexibility index (Phi) is 6.47. The summed E-state index contributed by atoms with van der Waals surface area (Å²) in [5.41, 5.74) is 2.69. The fourth-order valence-electron chi connectivity index (χ4n) is 4.62. The van der Waals surface area contributed by atoms with E-state index >= 15 is 0 Å². The van der Waals surface area contributed by atoms with Crippen LogP contribution in [-0.4, -0.2) is 25.0 Å². The summed E-state index contributed by atoms with van der Waals surface area (Å²) in [5.74, 6) is 0.622. The van der Waals surface area contributed by atoms with Gasteiger partial charge in [-0.3, -0.25) is 9.59 Å². The van der Waals surface area contributed by atoms with Gasteiger partial charge in [-0.2, -0.15) is 0 Å². The summed E-state index contributed by atoms with van der Waals surface area (Å²) >= 11 is 0. The van der Waals surface area contributed by atoms with Crippen molar-refractivity contribution >= 4 is 23.2 Å². The van der Waals surface area contributed by atoms with Crippen LogP contribution in [0.5, 0.6) is 5.75 Å². The molecule has 0 fully saturated rings. The summed E-state index contributed by atoms with van der Waals surface area (Å²) in [5, 5.41) is 0. The molecule has 3 aromatic carbocycles. The van der Waals surface area contributed by atoms with Crippen LogP contribution < -0.4 is 14.5 Å². The molecule has 0 saturated carbocycles. The third-order valence-electron chi connectivity index (χ3n) is 6.30. The van der Waals surface area contributed by atoms with Gasteiger partial charge < -0.3 is 14.5 Å². The van der Waals surface area contributed by atoms with Crippen molar-refractivity contribution in [2.24, 2.45) is 5.41 Å². The smallest absolute Gasteiger partial charge is 0.258 e. The summed E-state index contributed by atoms with van der Waals surface area (Å²) < 4.78 is 5.33. The third-order valence-corrected chi connectivity index (χ3v) is 6.30. The quantitative estimate of drug-likeness (QED) is 0.466. The molecule has 4 rings (SSSR count). The second kappa shape index (κ2) is 9.34. The highest BCUT2D eigenvalue weighted by Crippen LogP contribution is 2.44. The SMILES string of the molecule is COc1cccc(C(=O)N2c3ccccc3C(N(C(=O)C(C)(C)C)c3ccccc3)CC2C)c1. The molecule has 2 atom stereocenters. The lowest BCUT2D eigenvalue weighted by atomic mass is 9.86. The van der Waals surface area contributed by atoms with Crippen LogP contribution in [0.15, 0.2) is 78.9 Å². The number of benzene rings is 3. The van der Waals surface area contributed by atoms with E-state index in [1.54, 1.807) is 13.2 Å². The predicted molar refractivity (Wildman–Crippen MR) is 136 cm³/mol. The zero-order chi connectivity index (χ0) is 24.5. The van der Waals surface area contributed by atoms with E-state index in [4.69, 9.17) is 4.74 Å². The molecule has 2 amide bonds. The Morgan fingerprint density at radius 2 is 1.62 bits per heavy atom. The fraction of sp³-hybridized carbons (Fsp3) is 0.310. The molecule has 1 aliphatic rings. The maximum Gasteiger partial charge on any atom is 0.258 e. The molecule has 0 aliphatic carbocycles. The zero-order valence-corrected chi connectivity index (χ0v) is 20.5. The van der Waals surface area contributed by atoms with Gasteiger partial charge in [-0.05, 0) is 55.3 Å². The highest BCUT2D eigenvalue weighted by molar-refractivity contribution is 6.08. The second-order valence-electron chi connectivity index (χ2n) is 9.83. The third kappa shape index (κ3) is 4.43. The molecule has 5 nitrogen and oxygen atoms in total. The number of hydrogen-bond acceptors (Lipinski definition) is 3. The van der Waals surface area contributed by atoms with Gasteiger partial charge in [0.2, 0.25) is 5.91 Å². The molecule has 0 radical (unpaired) electrons. The first kappa shape index (κ1) is 23.6. The van der Waals surface area contributed by atoms with E-state index in [1.165, 1.54) is 0 Å². The van der Waals surface area contributed by atoms with Crippen molar-refractivity contribution in [2.45, 2.75) is 46.2 Å². The fourth-order valence-corrected chi connectivity index (χ4v) is 4.62. The van der Waals surface area contributed by atoms with Gasteiger partial charge in [-0.15, -0.1) is 0 Å². The number of nitrogens with zero attached hydrogens (tertiary/aromatic N) is 2. The van der Waals surface area contributed by atoms with Crippen molar-refractivity contribution in [3.8, 4) is 5.75 Å². The van der Waals surface area contributed by atoms with E-state index in [0.717, 1.165) is 16.9 Å². The molecule has 2 unspecified atom stereocenters. The molecular weight excluding hydrogens is 424 g/mol. The number of amides is 2. The van der Waals surface area contributed by atoms with E-state index < -0.39 is 5.41 Å². The van der Waals surface area contributed by atoms with Gasteiger partial charge in [0.05, 0.1) is 13.2 Å². The van der Waals surface area contributed by atoms with E-state index in [0.29, 0.717) is 17.7 Å². The molecule has 0 saturated heterocycles. The maximum absolute atomic E-state index is 13.7. The molecular formula is C29H32N2O3. The van der Waals surface area contributed by atoms with Crippen molar-refractivity contribution in [1.29, 1.82) is 0 Å². The van der Waals surface area contributed by atoms with Crippen LogP contribution >= 0.6 is 0 Å². The lowest BCUT2D eigenvalue weighted by molar-refractivity contribution is -0.126. The number of carbonyl (C=O) groups is 2. The van der Waals surface area contributed by atoms with Crippen molar-refractivity contribution in [1.82, 2.24) is 0 Å². The van der Waals surface area contributed by atoms with E-state index in [2.05, 4.69) is 0 Å². The Labute approximate surface area is 202 Å². The Balaban J connectivity index is 1.81. The molecule has 0 aromatic heterocycles. The number of anilines is 2. The number of carbonyl (C=O) groups excluding carboxylic acids is 2. The number of hydrogen-bond donors (Lipinski definition) is 0. The molecule has 0 spiro atoms. The highest BCUT2D eigenvalue weighted by Gasteiger charge is 2.41. The summed E-state index contributed by atoms with van der Waals surface area (Å²) in [6.07, 6.45) is 0.628. The van der Waals surface area contributed by atoms with E-state index in [-0.39, 0.29) is 23.9 Å². The molecule has 34 heavy (non-hydrogen) atoms. The number of ether oxygens (including phenoxy) is 1. The van der Waals surface area contributed by atoms with Gasteiger partial charge >= 0.3 is 0 Å². The Morgan fingerprint density at radius 3 is 2.29 bits per heavy atom. The minimum absolute atomic E-state index is 0.0540. The molecule has 1 heterocycles. The minimum atomic E-state index is -0.554. The van der Waals surface area contributed by atoms with Gasteiger partial charge in [-0.25, -0.2) is 0 Å². The van der Waals surface area contributed by atoms with Crippen LogP contribution in [0.4, 0.5) is 11.4 Å². The molecule has 3 aromatic rings. The van der Waals surface area contributed by atoms with Crippen molar-refractivity contribution in [3.63, 3.8) is 0 Å². The largest absolute Gasteiger partial charge is 0.497 e. The highest BCUT2D eigenvalue weighted by atomic mass is 16.5. The van der Waals surface area contributed by atoms with Crippen LogP contribution in [0.1, 0.15) is 56.1 Å². The van der Waals surface area contributed by atoms with Crippen molar-refractivity contribution in [3.05, 3.63) is 90.0 Å². The predicted octanol–water partition coefficient (Wildman–Crippen LogP) is 6.25. The van der Waals surface area contributed by atoms with Crippen LogP contribution in [0.3, 0.4) is 0 Å². The number of fused-ring (bicyclic) bond motifs is 1. The lowest BCUT2D eigenvalue weighted by Crippen LogP contribution is -2.49. The molecule has 1 aliphatic heterocycles. The Morgan fingerprint density at radius 1 is 0.941 bits per heavy atom. The normalized spacial score (nSPS) is 17.6. The summed E-state index contributed by atoms with van der Waals surface area (Å²) in [7, 11) is 1.59. The average Bonchev–Trinajstić information content (AvgIpc) is 2.84. The van der Waals surface area contributed by atoms with Gasteiger partial charge in [0, 0.05) is 28.4 Å². The first-order chi connectivity index (χ1) is 16.2. The number of para-hydroxylation sites is 2. The second-order valence-corrected chi connectivity index (χ2v) is 9.83. The van der Waals surface area contributed by atoms with E-state index in [9.17, 15) is 9.59 Å². The first-order valence-electron chi connectivity index (χ1n) is 11.7. The van der Waals surface area contributed by atoms with Crippen LogP contribution in [0.2, 0.25) is 0 Å². The summed E-state index contributed by atoms with van der Waals surface area (Å²) in [6, 6.07) is 24.7. The first-order valence-corrected chi connectivity index (χ1v) is 11.7. The molecule has 0 bridgehead atoms. The number of methoxy groups -OCH3 is 1. The van der Waals surface area contributed by atoms with Crippen molar-refractivity contribution in [2.75, 3.05) is 16.9 Å². The van der Waals surface area contributed by atoms with Crippen LogP contribution in [0, 0.1) is 5.41 Å². The Hall–Kier alpha value is -3.60. The topological polar surface area (TPSA) is 49.9 Å². The maximum atomic E-state index is 13.7. The molecule has 0 N–H and O–H groups in total. The molecule has 5 heteroatoms. The van der Waals surface area contributed by atoms with Crippen molar-refractivity contribution < 1.29 is 14.3 Å². The minimum Gasteiger partial charge on any atom is -0.497 e. The summed E-state index contributed by atoms with van der Waals surface area (Å²) in [6.45, 7) is 7.89. The number of rotatable bonds is 4. The van der Waals surface area contributed by atoms with Gasteiger partial charge in [0.1, 0.15) is 5.75 Å². The lowest BCUT2D eigenvalue weighted by Gasteiger charge is -2.45. The summed E-state index contributed by atoms with van der Waals surface area (Å²) in [4.78, 5) is 31.2. The zero-order valence-electron chi connectivity index (χ0n) is 20.5. The van der Waals surface area contributed by atoms with Crippen LogP contribution in [0.25, 0.3) is 0 Å². The van der Waals surface area contributed by atoms with E-state index in [1.807, 2.05) is 110 Å². The van der Waals surface area contributed by atoms with Gasteiger partial charge in [0.25, 0.3) is 5.91 Å². The van der Waals surface area contributed by atoms with Crippen LogP contribution in [-0.2, 0) is 4.79 Å².